The van der Waals surface area contributed by atoms with E-state index in [0.29, 0.717) is 11.3 Å². The first-order valence-electron chi connectivity index (χ1n) is 13.7. The van der Waals surface area contributed by atoms with Crippen LogP contribution < -0.4 is 9.91 Å². The molecule has 0 spiro atoms. The summed E-state index contributed by atoms with van der Waals surface area (Å²) in [5, 5.41) is 24.6. The van der Waals surface area contributed by atoms with Gasteiger partial charge in [-0.05, 0) is 88.7 Å². The smallest absolute Gasteiger partial charge is 0.339 e. The molecule has 210 valence electrons. The highest BCUT2D eigenvalue weighted by Crippen LogP contribution is 2.35. The zero-order valence-electron chi connectivity index (χ0n) is 23.0. The van der Waals surface area contributed by atoms with Crippen LogP contribution in [0.5, 0.6) is 5.75 Å². The molecule has 4 aromatic rings. The Morgan fingerprint density at radius 2 is 1.60 bits per heavy atom. The van der Waals surface area contributed by atoms with Crippen LogP contribution in [-0.4, -0.2) is 34.5 Å². The number of hydrogen-bond donors (Lipinski definition) is 2. The van der Waals surface area contributed by atoms with Gasteiger partial charge in [0, 0.05) is 17.9 Å². The molecule has 8 nitrogen and oxygen atoms in total. The summed E-state index contributed by atoms with van der Waals surface area (Å²) in [7, 11) is 0. The molecule has 1 amide bonds. The number of carbonyl (C=O) groups is 2. The molecule has 0 aromatic heterocycles. The molecule has 2 heterocycles. The van der Waals surface area contributed by atoms with Crippen molar-refractivity contribution in [2.45, 2.75) is 12.8 Å². The van der Waals surface area contributed by atoms with Crippen LogP contribution in [0, 0.1) is 6.57 Å². The van der Waals surface area contributed by atoms with Crippen LogP contribution in [0.2, 0.25) is 0 Å². The van der Waals surface area contributed by atoms with E-state index in [1.54, 1.807) is 24.3 Å². The molecule has 0 fully saturated rings. The third kappa shape index (κ3) is 5.52. The Morgan fingerprint density at radius 1 is 0.884 bits per heavy atom. The monoisotopic (exact) mass is 566 g/mol. The van der Waals surface area contributed by atoms with Gasteiger partial charge in [0.1, 0.15) is 11.3 Å². The number of aromatic carboxylic acids is 1. The maximum atomic E-state index is 13.2. The van der Waals surface area contributed by atoms with Gasteiger partial charge in [-0.1, -0.05) is 67.3 Å². The largest absolute Gasteiger partial charge is 0.507 e. The van der Waals surface area contributed by atoms with Gasteiger partial charge in [0.15, 0.2) is 0 Å². The number of amides is 1. The number of aryl methyl sites for hydroxylation is 1. The van der Waals surface area contributed by atoms with E-state index >= 15 is 0 Å². The molecule has 0 bridgehead atoms. The molecule has 0 saturated heterocycles. The number of fused-ring (bicyclic) bond motifs is 1. The van der Waals surface area contributed by atoms with Crippen LogP contribution in [-0.2, 0) is 11.2 Å². The fourth-order valence-corrected chi connectivity index (χ4v) is 5.29. The Kier molecular flexibility index (Phi) is 7.29. The van der Waals surface area contributed by atoms with Crippen molar-refractivity contribution in [2.75, 3.05) is 16.5 Å². The molecule has 0 radical (unpaired) electrons. The molecule has 0 unspecified atom stereocenters. The normalized spacial score (nSPS) is 15.5. The predicted octanol–water partition coefficient (Wildman–Crippen LogP) is 7.01. The van der Waals surface area contributed by atoms with Gasteiger partial charge in [-0.3, -0.25) is 4.79 Å². The molecule has 2 aliphatic rings. The Balaban J connectivity index is 1.20. The molecule has 0 atom stereocenters. The third-order valence-corrected chi connectivity index (χ3v) is 7.42. The van der Waals surface area contributed by atoms with Crippen LogP contribution in [0.1, 0.15) is 39.0 Å². The van der Waals surface area contributed by atoms with E-state index < -0.39 is 5.97 Å². The number of rotatable bonds is 6. The average Bonchev–Trinajstić information content (AvgIpc) is 3.34. The Bertz CT molecular complexity index is 1870. The molecule has 0 saturated carbocycles. The van der Waals surface area contributed by atoms with Crippen molar-refractivity contribution in [3.8, 4) is 5.75 Å². The first kappa shape index (κ1) is 27.2. The number of phenols is 1. The van der Waals surface area contributed by atoms with Gasteiger partial charge >= 0.3 is 11.8 Å². The number of para-hydroxylation sites is 1. The number of hydrazone groups is 1. The van der Waals surface area contributed by atoms with Crippen molar-refractivity contribution in [3.05, 3.63) is 136 Å². The summed E-state index contributed by atoms with van der Waals surface area (Å²) in [5.41, 5.74) is 6.61. The van der Waals surface area contributed by atoms with Gasteiger partial charge in [-0.15, -0.1) is 5.01 Å². The van der Waals surface area contributed by atoms with Crippen LogP contribution in [0.3, 0.4) is 0 Å². The topological polar surface area (TPSA) is 97.8 Å². The lowest BCUT2D eigenvalue weighted by atomic mass is 9.97. The Labute approximate surface area is 248 Å². The highest BCUT2D eigenvalue weighted by molar-refractivity contribution is 6.34. The number of carbonyl (C=O) groups excluding carboxylic acids is 1. The standard InChI is InChI=1S/C35H26N4O4/c1-36-33-30(34(41)39(37-33)28-7-3-2-4-8-28)21-25-14-18-31-26(20-25)6-5-19-38(31)27-15-11-23(12-16-27)9-10-24-13-17-29(35(42)43)32(40)22-24/h2-4,7-18,20-22,40H,5-6,19H2,(H,42,43)/b10-9+,30-21-. The molecule has 2 N–H and O–H groups in total. The zero-order chi connectivity index (χ0) is 29.9. The summed E-state index contributed by atoms with van der Waals surface area (Å²) in [5.74, 6) is -1.67. The fraction of sp³-hybridized carbons (Fsp3) is 0.0857. The summed E-state index contributed by atoms with van der Waals surface area (Å²) < 4.78 is 0. The number of nitrogens with zero attached hydrogens (tertiary/aromatic N) is 4. The van der Waals surface area contributed by atoms with Crippen molar-refractivity contribution < 1.29 is 19.8 Å². The minimum absolute atomic E-state index is 0.0800. The second kappa shape index (κ2) is 11.5. The van der Waals surface area contributed by atoms with E-state index in [1.165, 1.54) is 22.7 Å². The summed E-state index contributed by atoms with van der Waals surface area (Å²) in [6, 6.07) is 27.8. The first-order chi connectivity index (χ1) is 20.9. The Morgan fingerprint density at radius 3 is 2.33 bits per heavy atom. The van der Waals surface area contributed by atoms with Gasteiger partial charge in [0.2, 0.25) is 0 Å². The molecule has 8 heteroatoms. The number of hydrogen-bond acceptors (Lipinski definition) is 5. The van der Waals surface area contributed by atoms with Crippen LogP contribution in [0.25, 0.3) is 23.1 Å². The zero-order valence-corrected chi connectivity index (χ0v) is 23.0. The number of carboxylic acids is 1. The van der Waals surface area contributed by atoms with Crippen LogP contribution >= 0.6 is 0 Å². The number of carboxylic acid groups (broad SMARTS) is 1. The van der Waals surface area contributed by atoms with Crippen LogP contribution in [0.15, 0.2) is 102 Å². The maximum Gasteiger partial charge on any atom is 0.339 e. The third-order valence-electron chi connectivity index (χ3n) is 7.42. The first-order valence-corrected chi connectivity index (χ1v) is 13.7. The highest BCUT2D eigenvalue weighted by Gasteiger charge is 2.34. The molecule has 4 aromatic carbocycles. The summed E-state index contributed by atoms with van der Waals surface area (Å²) in [6.45, 7) is 8.43. The van der Waals surface area contributed by atoms with E-state index in [-0.39, 0.29) is 28.6 Å². The molecule has 6 rings (SSSR count). The van der Waals surface area contributed by atoms with Crippen LogP contribution in [0.4, 0.5) is 17.1 Å². The minimum Gasteiger partial charge on any atom is -0.507 e. The van der Waals surface area contributed by atoms with Crippen molar-refractivity contribution >= 4 is 53.0 Å². The predicted molar refractivity (Wildman–Crippen MR) is 168 cm³/mol. The second-order valence-electron chi connectivity index (χ2n) is 10.2. The highest BCUT2D eigenvalue weighted by atomic mass is 16.4. The lowest BCUT2D eigenvalue weighted by Crippen LogP contribution is -2.24. The lowest BCUT2D eigenvalue weighted by molar-refractivity contribution is -0.114. The summed E-state index contributed by atoms with van der Waals surface area (Å²) >= 11 is 0. The SMILES string of the molecule is [C-]#[N+]C1=NN(c2ccccc2)C(=O)/C1=C\c1ccc2c(c1)CCCN2c1ccc(/C=C/c2ccc(C(=O)O)c(O)c2)cc1. The quantitative estimate of drug-likeness (QED) is 0.149. The van der Waals surface area contributed by atoms with E-state index in [1.807, 2.05) is 48.6 Å². The van der Waals surface area contributed by atoms with Gasteiger partial charge in [0.25, 0.3) is 5.91 Å². The average molecular weight is 567 g/mol. The molecular weight excluding hydrogens is 540 g/mol. The van der Waals surface area contributed by atoms with Crippen molar-refractivity contribution in [1.29, 1.82) is 0 Å². The number of amidine groups is 1. The number of aromatic hydroxyl groups is 1. The van der Waals surface area contributed by atoms with Gasteiger partial charge in [0.05, 0.1) is 11.3 Å². The van der Waals surface area contributed by atoms with Crippen molar-refractivity contribution in [2.24, 2.45) is 5.10 Å². The van der Waals surface area contributed by atoms with E-state index in [4.69, 9.17) is 11.7 Å². The number of anilines is 3. The minimum atomic E-state index is -1.17. The van der Waals surface area contributed by atoms with E-state index in [0.717, 1.165) is 41.9 Å². The van der Waals surface area contributed by atoms with Crippen molar-refractivity contribution in [3.63, 3.8) is 0 Å². The fourth-order valence-electron chi connectivity index (χ4n) is 5.29. The summed E-state index contributed by atoms with van der Waals surface area (Å²) in [4.78, 5) is 30.1. The molecule has 0 aliphatic carbocycles. The molecular formula is C35H26N4O4. The van der Waals surface area contributed by atoms with E-state index in [9.17, 15) is 14.7 Å². The van der Waals surface area contributed by atoms with Gasteiger partial charge < -0.3 is 20.0 Å². The molecule has 43 heavy (non-hydrogen) atoms. The van der Waals surface area contributed by atoms with Gasteiger partial charge in [-0.25, -0.2) is 4.79 Å². The lowest BCUT2D eigenvalue weighted by Gasteiger charge is -2.31. The van der Waals surface area contributed by atoms with Gasteiger partial charge in [-0.2, -0.15) is 0 Å². The summed E-state index contributed by atoms with van der Waals surface area (Å²) in [6.07, 6.45) is 7.36. The van der Waals surface area contributed by atoms with Crippen molar-refractivity contribution in [1.82, 2.24) is 0 Å². The maximum absolute atomic E-state index is 13.2. The number of benzene rings is 4. The second-order valence-corrected chi connectivity index (χ2v) is 10.2. The van der Waals surface area contributed by atoms with E-state index in [2.05, 4.69) is 39.1 Å². The Hall–Kier alpha value is -5.94. The molecule has 2 aliphatic heterocycles.